The van der Waals surface area contributed by atoms with Crippen LogP contribution in [-0.4, -0.2) is 26.4 Å². The van der Waals surface area contributed by atoms with Gasteiger partial charge in [-0.2, -0.15) is 0 Å². The van der Waals surface area contributed by atoms with Gasteiger partial charge in [0.05, 0.1) is 35.2 Å². The predicted molar refractivity (Wildman–Crippen MR) is 88.4 cm³/mol. The molecule has 0 amide bonds. The Kier molecular flexibility index (Phi) is 4.99. The molecule has 5 nitrogen and oxygen atoms in total. The standard InChI is InChI=1S/C18H18O5S/c19-18(23-11-14-7-3-1-4-8-14)16-12-22-13-17(16)24(20,21)15-9-5-2-6-10-15/h1-10,13,16,18-19H,11-12H2/t16-,18+/m1/s1. The van der Waals surface area contributed by atoms with Gasteiger partial charge in [0.15, 0.2) is 6.29 Å². The van der Waals surface area contributed by atoms with Crippen molar-refractivity contribution in [1.82, 2.24) is 0 Å². The van der Waals surface area contributed by atoms with Gasteiger partial charge >= 0.3 is 0 Å². The van der Waals surface area contributed by atoms with Crippen LogP contribution in [0.15, 0.2) is 76.7 Å². The van der Waals surface area contributed by atoms with Gasteiger partial charge in [-0.3, -0.25) is 0 Å². The van der Waals surface area contributed by atoms with Crippen LogP contribution in [0.1, 0.15) is 5.56 Å². The number of rotatable bonds is 6. The van der Waals surface area contributed by atoms with Crippen LogP contribution in [0.2, 0.25) is 0 Å². The third kappa shape index (κ3) is 3.51. The summed E-state index contributed by atoms with van der Waals surface area (Å²) >= 11 is 0. The zero-order valence-electron chi connectivity index (χ0n) is 12.9. The number of aliphatic hydroxyl groups excluding tert-OH is 1. The van der Waals surface area contributed by atoms with E-state index in [1.807, 2.05) is 30.3 Å². The van der Waals surface area contributed by atoms with Gasteiger partial charge in [-0.05, 0) is 17.7 Å². The second-order valence-corrected chi connectivity index (χ2v) is 7.41. The Hall–Kier alpha value is -2.15. The van der Waals surface area contributed by atoms with Crippen LogP contribution >= 0.6 is 0 Å². The van der Waals surface area contributed by atoms with E-state index >= 15 is 0 Å². The molecular formula is C18H18O5S. The van der Waals surface area contributed by atoms with E-state index in [1.165, 1.54) is 18.4 Å². The lowest BCUT2D eigenvalue weighted by Crippen LogP contribution is -2.28. The Bertz CT molecular complexity index is 800. The Morgan fingerprint density at radius 1 is 1.08 bits per heavy atom. The Labute approximate surface area is 141 Å². The van der Waals surface area contributed by atoms with E-state index in [1.54, 1.807) is 18.2 Å². The summed E-state index contributed by atoms with van der Waals surface area (Å²) in [5, 5.41) is 10.3. The van der Waals surface area contributed by atoms with Crippen molar-refractivity contribution in [3.05, 3.63) is 77.4 Å². The minimum absolute atomic E-state index is 0.0364. The summed E-state index contributed by atoms with van der Waals surface area (Å²) in [6.07, 6.45) is -0.0697. The predicted octanol–water partition coefficient (Wildman–Crippen LogP) is 2.48. The first-order valence-corrected chi connectivity index (χ1v) is 9.03. The molecule has 0 saturated heterocycles. The highest BCUT2D eigenvalue weighted by molar-refractivity contribution is 7.95. The van der Waals surface area contributed by atoms with Gasteiger partial charge in [0.2, 0.25) is 9.84 Å². The zero-order chi connectivity index (χ0) is 17.0. The van der Waals surface area contributed by atoms with Crippen molar-refractivity contribution in [3.63, 3.8) is 0 Å². The van der Waals surface area contributed by atoms with Crippen molar-refractivity contribution >= 4 is 9.84 Å². The molecule has 0 unspecified atom stereocenters. The Morgan fingerprint density at radius 2 is 1.71 bits per heavy atom. The van der Waals surface area contributed by atoms with E-state index in [4.69, 9.17) is 9.47 Å². The average Bonchev–Trinajstić information content (AvgIpc) is 3.12. The van der Waals surface area contributed by atoms with E-state index in [-0.39, 0.29) is 23.0 Å². The summed E-state index contributed by atoms with van der Waals surface area (Å²) in [5.41, 5.74) is 0.895. The maximum absolute atomic E-state index is 12.7. The summed E-state index contributed by atoms with van der Waals surface area (Å²) in [6.45, 7) is 0.258. The van der Waals surface area contributed by atoms with Crippen LogP contribution in [0.5, 0.6) is 0 Å². The quantitative estimate of drug-likeness (QED) is 0.814. The molecule has 0 radical (unpaired) electrons. The molecule has 2 aromatic rings. The molecular weight excluding hydrogens is 328 g/mol. The van der Waals surface area contributed by atoms with Crippen molar-refractivity contribution in [2.24, 2.45) is 5.92 Å². The molecule has 2 aromatic carbocycles. The average molecular weight is 346 g/mol. The molecule has 6 heteroatoms. The number of ether oxygens (including phenoxy) is 2. The maximum Gasteiger partial charge on any atom is 0.206 e. The van der Waals surface area contributed by atoms with Crippen LogP contribution in [0.3, 0.4) is 0 Å². The minimum Gasteiger partial charge on any atom is -0.499 e. The van der Waals surface area contributed by atoms with E-state index in [2.05, 4.69) is 0 Å². The summed E-state index contributed by atoms with van der Waals surface area (Å²) in [7, 11) is -3.72. The number of hydrogen-bond donors (Lipinski definition) is 1. The Morgan fingerprint density at radius 3 is 2.38 bits per heavy atom. The van der Waals surface area contributed by atoms with Gasteiger partial charge in [-0.1, -0.05) is 48.5 Å². The molecule has 1 aliphatic rings. The van der Waals surface area contributed by atoms with Crippen molar-refractivity contribution in [3.8, 4) is 0 Å². The molecule has 1 heterocycles. The van der Waals surface area contributed by atoms with Crippen LogP contribution in [0.4, 0.5) is 0 Å². The van der Waals surface area contributed by atoms with E-state index in [0.29, 0.717) is 0 Å². The first-order valence-electron chi connectivity index (χ1n) is 7.54. The number of aliphatic hydroxyl groups is 1. The summed E-state index contributed by atoms with van der Waals surface area (Å²) in [4.78, 5) is 0.205. The van der Waals surface area contributed by atoms with Crippen LogP contribution in [0, 0.1) is 5.92 Å². The largest absolute Gasteiger partial charge is 0.499 e. The highest BCUT2D eigenvalue weighted by Crippen LogP contribution is 2.32. The first kappa shape index (κ1) is 16.7. The molecule has 3 rings (SSSR count). The van der Waals surface area contributed by atoms with Gasteiger partial charge in [-0.15, -0.1) is 0 Å². The molecule has 1 N–H and O–H groups in total. The highest BCUT2D eigenvalue weighted by Gasteiger charge is 2.37. The molecule has 0 spiro atoms. The van der Waals surface area contributed by atoms with Gasteiger partial charge in [0, 0.05) is 0 Å². The molecule has 0 bridgehead atoms. The number of hydrogen-bond acceptors (Lipinski definition) is 5. The molecule has 0 saturated carbocycles. The molecule has 1 aliphatic heterocycles. The van der Waals surface area contributed by atoms with Gasteiger partial charge in [0.25, 0.3) is 0 Å². The van der Waals surface area contributed by atoms with Crippen molar-refractivity contribution in [2.75, 3.05) is 6.61 Å². The minimum atomic E-state index is -3.72. The van der Waals surface area contributed by atoms with Gasteiger partial charge in [-0.25, -0.2) is 8.42 Å². The molecule has 2 atom stereocenters. The lowest BCUT2D eigenvalue weighted by atomic mass is 10.1. The van der Waals surface area contributed by atoms with Crippen LogP contribution in [0.25, 0.3) is 0 Å². The lowest BCUT2D eigenvalue weighted by Gasteiger charge is -2.20. The lowest BCUT2D eigenvalue weighted by molar-refractivity contribution is -0.136. The number of sulfone groups is 1. The second kappa shape index (κ2) is 7.17. The fraction of sp³-hybridized carbons (Fsp3) is 0.222. The van der Waals surface area contributed by atoms with Crippen LogP contribution < -0.4 is 0 Å². The molecule has 24 heavy (non-hydrogen) atoms. The molecule has 0 aliphatic carbocycles. The van der Waals surface area contributed by atoms with E-state index in [0.717, 1.165) is 5.56 Å². The zero-order valence-corrected chi connectivity index (χ0v) is 13.7. The number of benzene rings is 2. The fourth-order valence-corrected chi connectivity index (χ4v) is 4.06. The molecule has 0 fully saturated rings. The van der Waals surface area contributed by atoms with Crippen molar-refractivity contribution in [2.45, 2.75) is 17.8 Å². The first-order chi connectivity index (χ1) is 11.6. The summed E-state index contributed by atoms with van der Waals surface area (Å²) in [5.74, 6) is -0.751. The van der Waals surface area contributed by atoms with E-state index in [9.17, 15) is 13.5 Å². The summed E-state index contributed by atoms with van der Waals surface area (Å²) in [6, 6.07) is 17.5. The second-order valence-electron chi connectivity index (χ2n) is 5.46. The molecule has 0 aromatic heterocycles. The van der Waals surface area contributed by atoms with E-state index < -0.39 is 22.0 Å². The third-order valence-corrected chi connectivity index (χ3v) is 5.72. The van der Waals surface area contributed by atoms with Gasteiger partial charge < -0.3 is 14.6 Å². The normalized spacial score (nSPS) is 18.7. The molecule has 126 valence electrons. The fourth-order valence-electron chi connectivity index (χ4n) is 2.50. The maximum atomic E-state index is 12.7. The van der Waals surface area contributed by atoms with Crippen molar-refractivity contribution in [1.29, 1.82) is 0 Å². The monoisotopic (exact) mass is 346 g/mol. The van der Waals surface area contributed by atoms with Crippen LogP contribution in [-0.2, 0) is 25.9 Å². The third-order valence-electron chi connectivity index (χ3n) is 3.81. The van der Waals surface area contributed by atoms with Gasteiger partial charge in [0.1, 0.15) is 0 Å². The topological polar surface area (TPSA) is 72.8 Å². The Balaban J connectivity index is 1.73. The SMILES string of the molecule is O=S(=O)(C1=COC[C@H]1[C@@H](O)OCc1ccccc1)c1ccccc1. The van der Waals surface area contributed by atoms with Crippen molar-refractivity contribution < 1.29 is 23.0 Å². The smallest absolute Gasteiger partial charge is 0.206 e. The highest BCUT2D eigenvalue weighted by atomic mass is 32.2. The summed E-state index contributed by atoms with van der Waals surface area (Å²) < 4.78 is 36.0.